The van der Waals surface area contributed by atoms with Gasteiger partial charge in [0.15, 0.2) is 23.0 Å². The van der Waals surface area contributed by atoms with E-state index in [2.05, 4.69) is 292 Å². The first kappa shape index (κ1) is 69.6. The Kier molecular flexibility index (Phi) is 13.5. The highest BCUT2D eigenvalue weighted by Gasteiger charge is 2.59. The van der Waals surface area contributed by atoms with Gasteiger partial charge in [0, 0.05) is 34.2 Å². The highest BCUT2D eigenvalue weighted by atomic mass is 32.4. The molecule has 0 fully saturated rings. The van der Waals surface area contributed by atoms with Crippen LogP contribution < -0.4 is 79.5 Å². The molecule has 2 unspecified atom stereocenters. The molecule has 8 heterocycles. The summed E-state index contributed by atoms with van der Waals surface area (Å²) < 4.78 is 52.8. The second kappa shape index (κ2) is 23.7. The summed E-state index contributed by atoms with van der Waals surface area (Å²) in [4.78, 5) is 4.69. The monoisotopic (exact) mass is 1650 g/mol. The number of methoxy groups -OCH3 is 3. The van der Waals surface area contributed by atoms with Crippen molar-refractivity contribution in [3.05, 3.63) is 351 Å². The van der Waals surface area contributed by atoms with Crippen LogP contribution in [0.15, 0.2) is 279 Å². The van der Waals surface area contributed by atoms with Gasteiger partial charge in [0.05, 0.1) is 111 Å². The first-order valence-corrected chi connectivity index (χ1v) is 46.9. The van der Waals surface area contributed by atoms with Crippen molar-refractivity contribution in [3.63, 3.8) is 0 Å². The van der Waals surface area contributed by atoms with E-state index in [4.69, 9.17) is 61.5 Å². The third-order valence-electron chi connectivity index (χ3n) is 28.2. The summed E-state index contributed by atoms with van der Waals surface area (Å²) >= 11 is 14.6. The number of fused-ring (bicyclic) bond motifs is 26. The number of rotatable bonds is 6. The van der Waals surface area contributed by atoms with Gasteiger partial charge < -0.3 is 52.8 Å². The summed E-state index contributed by atoms with van der Waals surface area (Å²) in [5.41, 5.74) is 34.2. The number of hydrogen-bond acceptors (Lipinski definition) is 13. The minimum atomic E-state index is -3.06. The van der Waals surface area contributed by atoms with E-state index in [0.29, 0.717) is 40.1 Å². The number of aliphatic hydroxyl groups is 1. The van der Waals surface area contributed by atoms with E-state index in [1.807, 2.05) is 24.3 Å². The maximum Gasteiger partial charge on any atom is 0.180 e. The van der Waals surface area contributed by atoms with Gasteiger partial charge in [-0.1, -0.05) is 213 Å². The Morgan fingerprint density at radius 1 is 0.311 bits per heavy atom. The predicted octanol–water partition coefficient (Wildman–Crippen LogP) is 23.8. The summed E-state index contributed by atoms with van der Waals surface area (Å²) in [6.45, 7) is 8.50. The lowest BCUT2D eigenvalue weighted by atomic mass is 9.70. The van der Waals surface area contributed by atoms with Gasteiger partial charge >= 0.3 is 0 Å². The van der Waals surface area contributed by atoms with Crippen LogP contribution in [0.3, 0.4) is 0 Å². The van der Waals surface area contributed by atoms with Crippen molar-refractivity contribution in [3.8, 4) is 142 Å². The summed E-state index contributed by atoms with van der Waals surface area (Å²) in [5.74, 6) is 9.11. The third kappa shape index (κ3) is 8.15. The number of aliphatic hydroxyl groups excluding tert-OH is 1. The standard InChI is InChI=1S/C76H44NO3PS.C31H26NO6PS/c1-41-27-33-63-65(35-41)78-66-40-54(44-29-31-53-51-20-8-14-26-60(51)76(62(53)39-44)57-23-11-5-17-48(57)49-18-6-12-24-58(49)76)71-74-69(66)77(63)64-34-32-45(70-72(64)81(74,82)73-67(79-70)36-42(2)37-68(73)80-71)43-28-30-52-50-19-7-13-25-59(50)75(61(52)38-43)55-21-9-3-15-46(55)47-16-4-10-22-56(47)75;1-31(2)18-11-16(34-3)6-7-20(18)32-21-8-9-22(36-5)27-28(21)39(40)29-23(12-17(35-4)13-24(29)38-27)37-26-15(14-33)10-19(31)25(32)30(26)39/h3-40H,1-2H3;6-13,33H,14H2,1-5H3. The van der Waals surface area contributed by atoms with Crippen LogP contribution in [0.4, 0.5) is 34.1 Å². The Morgan fingerprint density at radius 2 is 0.738 bits per heavy atom. The fourth-order valence-electron chi connectivity index (χ4n) is 23.3. The molecule has 0 radical (unpaired) electrons. The Balaban J connectivity index is 0.000000164. The minimum absolute atomic E-state index is 0.188. The van der Waals surface area contributed by atoms with Crippen LogP contribution in [-0.2, 0) is 46.5 Å². The van der Waals surface area contributed by atoms with E-state index < -0.39 is 28.3 Å². The Bertz CT molecular complexity index is 7650. The Labute approximate surface area is 714 Å². The maximum atomic E-state index is 10.7. The van der Waals surface area contributed by atoms with Crippen LogP contribution in [0.1, 0.15) is 86.2 Å². The molecule has 4 aliphatic carbocycles. The predicted molar refractivity (Wildman–Crippen MR) is 493 cm³/mol. The van der Waals surface area contributed by atoms with Crippen molar-refractivity contribution in [2.75, 3.05) is 31.1 Å². The van der Waals surface area contributed by atoms with Crippen LogP contribution in [-0.4, -0.2) is 26.4 Å². The molecular formula is C107H70N2O9P2S2. The van der Waals surface area contributed by atoms with E-state index in [-0.39, 0.29) is 6.61 Å². The molecule has 8 aliphatic heterocycles. The van der Waals surface area contributed by atoms with Gasteiger partial charge in [-0.2, -0.15) is 0 Å². The maximum absolute atomic E-state index is 10.7. The average Bonchev–Trinajstić information content (AvgIpc) is 1.14. The van der Waals surface area contributed by atoms with E-state index in [0.717, 1.165) is 151 Å². The fraction of sp³-hybridized carbons (Fsp3) is 0.103. The summed E-state index contributed by atoms with van der Waals surface area (Å²) in [6.07, 6.45) is 0. The van der Waals surface area contributed by atoms with Crippen molar-refractivity contribution < 1.29 is 43.0 Å². The second-order valence-electron chi connectivity index (χ2n) is 34.2. The number of hydrogen-bond donors (Lipinski definition) is 1. The zero-order chi connectivity index (χ0) is 81.4. The quantitative estimate of drug-likeness (QED) is 0.160. The van der Waals surface area contributed by atoms with Crippen LogP contribution in [0, 0.1) is 13.8 Å². The van der Waals surface area contributed by atoms with Crippen molar-refractivity contribution >= 4 is 102 Å². The largest absolute Gasteiger partial charge is 0.497 e. The zero-order valence-electron chi connectivity index (χ0n) is 67.1. The van der Waals surface area contributed by atoms with Crippen LogP contribution in [0.2, 0.25) is 0 Å². The molecule has 1 N–H and O–H groups in total. The molecule has 0 saturated heterocycles. The van der Waals surface area contributed by atoms with Gasteiger partial charge in [0.25, 0.3) is 0 Å². The molecule has 28 rings (SSSR count). The lowest BCUT2D eigenvalue weighted by molar-refractivity contribution is 0.276. The van der Waals surface area contributed by atoms with E-state index in [1.165, 1.54) is 89.0 Å². The molecule has 0 aromatic heterocycles. The molecule has 15 heteroatoms. The average molecular weight is 1650 g/mol. The van der Waals surface area contributed by atoms with Gasteiger partial charge in [-0.15, -0.1) is 0 Å². The number of benzene rings is 16. The first-order valence-electron chi connectivity index (χ1n) is 41.3. The molecule has 12 aliphatic rings. The molecule has 16 aromatic carbocycles. The van der Waals surface area contributed by atoms with E-state index in [1.54, 1.807) is 21.3 Å². The summed E-state index contributed by atoms with van der Waals surface area (Å²) in [6, 6.07) is 96.3. The van der Waals surface area contributed by atoms with Crippen molar-refractivity contribution in [2.24, 2.45) is 0 Å². The fourth-order valence-corrected chi connectivity index (χ4v) is 33.3. The number of aryl methyl sites for hydroxylation is 2. The van der Waals surface area contributed by atoms with Crippen molar-refractivity contribution in [2.45, 2.75) is 50.5 Å². The molecule has 0 saturated carbocycles. The first-order chi connectivity index (χ1) is 59.6. The Morgan fingerprint density at radius 3 is 1.26 bits per heavy atom. The molecule has 2 atom stereocenters. The molecule has 0 amide bonds. The highest BCUT2D eigenvalue weighted by Crippen LogP contribution is 2.74. The van der Waals surface area contributed by atoms with Crippen LogP contribution >= 0.6 is 12.1 Å². The summed E-state index contributed by atoms with van der Waals surface area (Å²) in [5, 5.41) is 16.4. The highest BCUT2D eigenvalue weighted by molar-refractivity contribution is 8.26. The van der Waals surface area contributed by atoms with Gasteiger partial charge in [0.1, 0.15) is 57.4 Å². The molecule has 16 aromatic rings. The minimum Gasteiger partial charge on any atom is -0.497 e. The van der Waals surface area contributed by atoms with Crippen molar-refractivity contribution in [1.29, 1.82) is 0 Å². The number of ether oxygens (including phenoxy) is 8. The van der Waals surface area contributed by atoms with Gasteiger partial charge in [0.2, 0.25) is 0 Å². The molecule has 584 valence electrons. The van der Waals surface area contributed by atoms with Gasteiger partial charge in [-0.05, 0) is 227 Å². The van der Waals surface area contributed by atoms with E-state index in [9.17, 15) is 5.11 Å². The van der Waals surface area contributed by atoms with Gasteiger partial charge in [-0.3, -0.25) is 0 Å². The molecule has 122 heavy (non-hydrogen) atoms. The SMILES string of the molecule is COc1cc2c3c(c1)Oc1c(CO)cc4c5c1P3(=S)c1c(ccc(OC)c1O2)N5c1ccc(OC)cc1C4(C)C.Cc1ccc2c(c1)Oc1cc(-c3ccc4c(c3)C3(c5ccccc5-c5ccccc53)c3ccccc3-4)c3c4c1N2c1ccc(-c2ccc5c(c2)C2(c6ccccc6-c6ccccc62)c2ccccc2-5)c2c1P4(=S)c1c(cc(C)cc1O3)O2. The third-order valence-corrected chi connectivity index (χ3v) is 37.8. The van der Waals surface area contributed by atoms with Crippen LogP contribution in [0.25, 0.3) is 66.8 Å². The normalized spacial score (nSPS) is 17.7. The van der Waals surface area contributed by atoms with E-state index >= 15 is 0 Å². The lowest BCUT2D eigenvalue weighted by Gasteiger charge is -2.51. The zero-order valence-corrected chi connectivity index (χ0v) is 70.5. The van der Waals surface area contributed by atoms with Crippen molar-refractivity contribution in [1.82, 2.24) is 0 Å². The molecule has 11 nitrogen and oxygen atoms in total. The molecular weight excluding hydrogens is 1580 g/mol. The number of nitrogens with zero attached hydrogens (tertiary/aromatic N) is 2. The lowest BCUT2D eigenvalue weighted by Crippen LogP contribution is -2.46. The Hall–Kier alpha value is -13.2. The summed E-state index contributed by atoms with van der Waals surface area (Å²) in [7, 11) is 4.94. The molecule has 0 bridgehead atoms. The smallest absolute Gasteiger partial charge is 0.180 e. The number of anilines is 6. The molecule has 2 spiro atoms. The van der Waals surface area contributed by atoms with Gasteiger partial charge in [-0.25, -0.2) is 0 Å². The second-order valence-corrected chi connectivity index (χ2v) is 42.7. The topological polar surface area (TPSA) is 101 Å². The van der Waals surface area contributed by atoms with Crippen LogP contribution in [0.5, 0.6) is 74.7 Å².